The highest BCUT2D eigenvalue weighted by Gasteiger charge is 2.31. The van der Waals surface area contributed by atoms with E-state index >= 15 is 0 Å². The largest absolute Gasteiger partial charge is 0.352 e. The van der Waals surface area contributed by atoms with Crippen molar-refractivity contribution in [3.8, 4) is 0 Å². The Kier molecular flexibility index (Phi) is 6.82. The number of nitrogens with one attached hydrogen (secondary N) is 1. The number of thiophene rings is 1. The molecule has 31 heavy (non-hydrogen) atoms. The van der Waals surface area contributed by atoms with E-state index < -0.39 is 0 Å². The molecular weight excluding hydrogens is 404 g/mol. The number of carbonyl (C=O) groups excluding carboxylic acids is 2. The minimum Gasteiger partial charge on any atom is -0.352 e. The van der Waals surface area contributed by atoms with Gasteiger partial charge in [-0.2, -0.15) is 0 Å². The standard InChI is InChI=1S/C26H28N2O2S/c1-19(24(20-10-4-2-5-11-20)21-12-6-3-7-13-21)27-25(29)22-14-8-16-28(18-22)26(30)23-15-9-17-31-23/h2-7,9-13,15,17,19,22,24H,8,14,16,18H2,1H3,(H,27,29). The van der Waals surface area contributed by atoms with E-state index in [1.54, 1.807) is 0 Å². The van der Waals surface area contributed by atoms with Crippen molar-refractivity contribution in [2.24, 2.45) is 5.92 Å². The van der Waals surface area contributed by atoms with Gasteiger partial charge in [-0.1, -0.05) is 66.7 Å². The third-order valence-corrected chi connectivity index (χ3v) is 6.86. The van der Waals surface area contributed by atoms with Gasteiger partial charge < -0.3 is 10.2 Å². The lowest BCUT2D eigenvalue weighted by Gasteiger charge is -2.33. The Bertz CT molecular complexity index is 949. The molecule has 0 bridgehead atoms. The average Bonchev–Trinajstić information content (AvgIpc) is 3.35. The van der Waals surface area contributed by atoms with Crippen molar-refractivity contribution in [2.75, 3.05) is 13.1 Å². The molecule has 1 N–H and O–H groups in total. The number of hydrogen-bond donors (Lipinski definition) is 1. The van der Waals surface area contributed by atoms with Crippen LogP contribution in [0.15, 0.2) is 78.2 Å². The Morgan fingerprint density at radius 1 is 0.968 bits per heavy atom. The molecule has 1 aliphatic rings. The molecule has 2 atom stereocenters. The van der Waals surface area contributed by atoms with Crippen LogP contribution >= 0.6 is 11.3 Å². The van der Waals surface area contributed by atoms with Gasteiger partial charge in [-0.05, 0) is 42.3 Å². The lowest BCUT2D eigenvalue weighted by atomic mass is 9.85. The molecule has 4 nitrogen and oxygen atoms in total. The number of carbonyl (C=O) groups is 2. The SMILES string of the molecule is CC(NC(=O)C1CCCN(C(=O)c2cccs2)C1)C(c1ccccc1)c1ccccc1. The van der Waals surface area contributed by atoms with E-state index in [2.05, 4.69) is 36.5 Å². The summed E-state index contributed by atoms with van der Waals surface area (Å²) in [5.41, 5.74) is 2.36. The molecule has 5 heteroatoms. The van der Waals surface area contributed by atoms with Crippen molar-refractivity contribution in [3.63, 3.8) is 0 Å². The van der Waals surface area contributed by atoms with Crippen molar-refractivity contribution in [1.82, 2.24) is 10.2 Å². The smallest absolute Gasteiger partial charge is 0.263 e. The summed E-state index contributed by atoms with van der Waals surface area (Å²) >= 11 is 1.45. The first-order chi connectivity index (χ1) is 15.1. The predicted molar refractivity (Wildman–Crippen MR) is 125 cm³/mol. The zero-order chi connectivity index (χ0) is 21.6. The number of nitrogens with zero attached hydrogens (tertiary/aromatic N) is 1. The molecule has 0 radical (unpaired) electrons. The molecule has 160 valence electrons. The van der Waals surface area contributed by atoms with Gasteiger partial charge in [0.05, 0.1) is 10.8 Å². The maximum atomic E-state index is 13.2. The summed E-state index contributed by atoms with van der Waals surface area (Å²) in [5.74, 6) is -0.0360. The molecule has 1 fully saturated rings. The van der Waals surface area contributed by atoms with Crippen LogP contribution < -0.4 is 5.32 Å². The Hall–Kier alpha value is -2.92. The van der Waals surface area contributed by atoms with Crippen molar-refractivity contribution < 1.29 is 9.59 Å². The lowest BCUT2D eigenvalue weighted by molar-refractivity contribution is -0.127. The number of rotatable bonds is 6. The summed E-state index contributed by atoms with van der Waals surface area (Å²) in [6.45, 7) is 3.27. The van der Waals surface area contributed by atoms with Gasteiger partial charge >= 0.3 is 0 Å². The summed E-state index contributed by atoms with van der Waals surface area (Å²) in [5, 5.41) is 5.18. The highest BCUT2D eigenvalue weighted by Crippen LogP contribution is 2.29. The third-order valence-electron chi connectivity index (χ3n) is 6.00. The van der Waals surface area contributed by atoms with E-state index in [9.17, 15) is 9.59 Å². The van der Waals surface area contributed by atoms with Gasteiger partial charge in [0.2, 0.25) is 5.91 Å². The third kappa shape index (κ3) is 5.05. The van der Waals surface area contributed by atoms with E-state index in [-0.39, 0.29) is 29.7 Å². The molecular formula is C26H28N2O2S. The molecule has 0 saturated carbocycles. The average molecular weight is 433 g/mol. The van der Waals surface area contributed by atoms with Crippen LogP contribution in [-0.4, -0.2) is 35.8 Å². The summed E-state index contributed by atoms with van der Waals surface area (Å²) < 4.78 is 0. The van der Waals surface area contributed by atoms with Crippen LogP contribution in [-0.2, 0) is 4.79 Å². The number of piperidine rings is 1. The van der Waals surface area contributed by atoms with Gasteiger partial charge in [-0.25, -0.2) is 0 Å². The quantitative estimate of drug-likeness (QED) is 0.600. The first-order valence-corrected chi connectivity index (χ1v) is 11.7. The fourth-order valence-electron chi connectivity index (χ4n) is 4.45. The Morgan fingerprint density at radius 3 is 2.19 bits per heavy atom. The Labute approximate surface area is 187 Å². The zero-order valence-electron chi connectivity index (χ0n) is 17.7. The van der Waals surface area contributed by atoms with E-state index in [0.29, 0.717) is 13.1 Å². The molecule has 1 aromatic heterocycles. The first kappa shape index (κ1) is 21.3. The van der Waals surface area contributed by atoms with Crippen LogP contribution in [0.25, 0.3) is 0 Å². The van der Waals surface area contributed by atoms with Crippen molar-refractivity contribution in [2.45, 2.75) is 31.7 Å². The topological polar surface area (TPSA) is 49.4 Å². The number of likely N-dealkylation sites (tertiary alicyclic amines) is 1. The second-order valence-electron chi connectivity index (χ2n) is 8.16. The van der Waals surface area contributed by atoms with Gasteiger partial charge in [0.25, 0.3) is 5.91 Å². The van der Waals surface area contributed by atoms with Gasteiger partial charge in [0, 0.05) is 25.0 Å². The van der Waals surface area contributed by atoms with E-state index in [1.165, 1.54) is 22.5 Å². The van der Waals surface area contributed by atoms with Crippen molar-refractivity contribution >= 4 is 23.2 Å². The van der Waals surface area contributed by atoms with Crippen LogP contribution in [0.5, 0.6) is 0 Å². The van der Waals surface area contributed by atoms with Crippen molar-refractivity contribution in [3.05, 3.63) is 94.2 Å². The number of hydrogen-bond acceptors (Lipinski definition) is 3. The predicted octanol–water partition coefficient (Wildman–Crippen LogP) is 4.94. The van der Waals surface area contributed by atoms with Crippen LogP contribution in [0.3, 0.4) is 0 Å². The van der Waals surface area contributed by atoms with E-state index in [4.69, 9.17) is 0 Å². The van der Waals surface area contributed by atoms with Gasteiger partial charge in [0.1, 0.15) is 0 Å². The Balaban J connectivity index is 1.46. The maximum absolute atomic E-state index is 13.2. The van der Waals surface area contributed by atoms with Crippen LogP contribution in [0.2, 0.25) is 0 Å². The normalized spacial score (nSPS) is 17.4. The second-order valence-corrected chi connectivity index (χ2v) is 9.11. The summed E-state index contributed by atoms with van der Waals surface area (Å²) in [6, 6.07) is 24.3. The van der Waals surface area contributed by atoms with E-state index in [1.807, 2.05) is 58.8 Å². The molecule has 0 spiro atoms. The molecule has 1 aliphatic heterocycles. The molecule has 1 saturated heterocycles. The summed E-state index contributed by atoms with van der Waals surface area (Å²) in [4.78, 5) is 28.5. The fourth-order valence-corrected chi connectivity index (χ4v) is 5.14. The Morgan fingerprint density at radius 2 is 1.61 bits per heavy atom. The summed E-state index contributed by atoms with van der Waals surface area (Å²) in [7, 11) is 0. The number of benzene rings is 2. The highest BCUT2D eigenvalue weighted by molar-refractivity contribution is 7.12. The fraction of sp³-hybridized carbons (Fsp3) is 0.308. The van der Waals surface area contributed by atoms with Gasteiger partial charge in [-0.3, -0.25) is 9.59 Å². The first-order valence-electron chi connectivity index (χ1n) is 10.9. The minimum absolute atomic E-state index is 0.0343. The van der Waals surface area contributed by atoms with Crippen LogP contribution in [0.4, 0.5) is 0 Å². The van der Waals surface area contributed by atoms with Crippen LogP contribution in [0.1, 0.15) is 46.5 Å². The van der Waals surface area contributed by atoms with Gasteiger partial charge in [0.15, 0.2) is 0 Å². The molecule has 3 aromatic rings. The zero-order valence-corrected chi connectivity index (χ0v) is 18.6. The number of amides is 2. The van der Waals surface area contributed by atoms with E-state index in [0.717, 1.165) is 17.7 Å². The monoisotopic (exact) mass is 432 g/mol. The molecule has 2 heterocycles. The van der Waals surface area contributed by atoms with Gasteiger partial charge in [-0.15, -0.1) is 11.3 Å². The highest BCUT2D eigenvalue weighted by atomic mass is 32.1. The molecule has 2 aromatic carbocycles. The molecule has 2 amide bonds. The van der Waals surface area contributed by atoms with Crippen LogP contribution in [0, 0.1) is 5.92 Å². The minimum atomic E-state index is -0.174. The second kappa shape index (κ2) is 9.92. The molecule has 0 aliphatic carbocycles. The molecule has 2 unspecified atom stereocenters. The van der Waals surface area contributed by atoms with Crippen molar-refractivity contribution in [1.29, 1.82) is 0 Å². The molecule has 4 rings (SSSR count). The maximum Gasteiger partial charge on any atom is 0.263 e. The lowest BCUT2D eigenvalue weighted by Crippen LogP contribution is -2.48. The summed E-state index contributed by atoms with van der Waals surface area (Å²) in [6.07, 6.45) is 1.67.